The smallest absolute Gasteiger partial charge is 0.304 e. The molecule has 1 unspecified atom stereocenters. The first-order valence-corrected chi connectivity index (χ1v) is 6.71. The lowest BCUT2D eigenvalue weighted by atomic mass is 10.0. The molecule has 1 aromatic rings. The van der Waals surface area contributed by atoms with E-state index in [2.05, 4.69) is 0 Å². The van der Waals surface area contributed by atoms with Gasteiger partial charge in [0, 0.05) is 17.6 Å². The summed E-state index contributed by atoms with van der Waals surface area (Å²) < 4.78 is 0. The van der Waals surface area contributed by atoms with Gasteiger partial charge < -0.3 is 15.1 Å². The predicted octanol–water partition coefficient (Wildman–Crippen LogP) is 2.77. The summed E-state index contributed by atoms with van der Waals surface area (Å²) >= 11 is 5.92. The molecule has 0 amide bonds. The van der Waals surface area contributed by atoms with Crippen molar-refractivity contribution in [1.29, 1.82) is 0 Å². The number of likely N-dealkylation sites (N-methyl/N-ethyl adjacent to an activating group) is 1. The number of phenols is 1. The van der Waals surface area contributed by atoms with Crippen LogP contribution in [0.2, 0.25) is 5.02 Å². The fourth-order valence-electron chi connectivity index (χ4n) is 2.04. The van der Waals surface area contributed by atoms with Gasteiger partial charge in [0.2, 0.25) is 0 Å². The number of halogens is 1. The Morgan fingerprint density at radius 1 is 1.47 bits per heavy atom. The van der Waals surface area contributed by atoms with E-state index in [4.69, 9.17) is 16.7 Å². The Bertz CT molecular complexity index is 437. The molecule has 0 saturated heterocycles. The molecule has 0 radical (unpaired) electrons. The summed E-state index contributed by atoms with van der Waals surface area (Å²) in [4.78, 5) is 12.6. The molecular formula is C14H20ClNO3. The van der Waals surface area contributed by atoms with Crippen LogP contribution < -0.4 is 0 Å². The minimum atomic E-state index is -0.799. The van der Waals surface area contributed by atoms with Gasteiger partial charge in [0.25, 0.3) is 0 Å². The molecule has 1 rings (SSSR count). The van der Waals surface area contributed by atoms with Gasteiger partial charge in [-0.3, -0.25) is 4.79 Å². The van der Waals surface area contributed by atoms with Crippen LogP contribution in [-0.2, 0) is 11.2 Å². The number of carbonyl (C=O) groups is 1. The fraction of sp³-hybridized carbons (Fsp3) is 0.500. The van der Waals surface area contributed by atoms with E-state index in [9.17, 15) is 9.90 Å². The molecule has 0 aliphatic rings. The van der Waals surface area contributed by atoms with Crippen molar-refractivity contribution < 1.29 is 15.0 Å². The quantitative estimate of drug-likeness (QED) is 0.809. The first-order chi connectivity index (χ1) is 8.93. The van der Waals surface area contributed by atoms with Crippen LogP contribution in [-0.4, -0.2) is 40.7 Å². The van der Waals surface area contributed by atoms with Gasteiger partial charge in [-0.15, -0.1) is 0 Å². The molecule has 0 aromatic heterocycles. The Labute approximate surface area is 118 Å². The van der Waals surface area contributed by atoms with Gasteiger partial charge in [-0.25, -0.2) is 0 Å². The fourth-order valence-corrected chi connectivity index (χ4v) is 2.23. The number of aromatic hydroxyl groups is 1. The summed E-state index contributed by atoms with van der Waals surface area (Å²) in [5, 5.41) is 19.1. The van der Waals surface area contributed by atoms with Gasteiger partial charge in [-0.05, 0) is 43.7 Å². The van der Waals surface area contributed by atoms with Gasteiger partial charge in [-0.2, -0.15) is 0 Å². The van der Waals surface area contributed by atoms with Crippen molar-refractivity contribution in [3.8, 4) is 5.75 Å². The van der Waals surface area contributed by atoms with E-state index in [1.807, 2.05) is 18.9 Å². The van der Waals surface area contributed by atoms with Gasteiger partial charge in [0.05, 0.1) is 6.42 Å². The van der Waals surface area contributed by atoms with Crippen LogP contribution in [0.15, 0.2) is 18.2 Å². The molecule has 4 nitrogen and oxygen atoms in total. The zero-order chi connectivity index (χ0) is 14.4. The van der Waals surface area contributed by atoms with E-state index in [0.29, 0.717) is 18.0 Å². The number of aliphatic carboxylic acids is 1. The summed E-state index contributed by atoms with van der Waals surface area (Å²) in [6.45, 7) is 2.54. The summed E-state index contributed by atoms with van der Waals surface area (Å²) in [5.41, 5.74) is 0.793. The normalized spacial score (nSPS) is 12.6. The van der Waals surface area contributed by atoms with E-state index >= 15 is 0 Å². The Balaban J connectivity index is 2.70. The van der Waals surface area contributed by atoms with E-state index in [0.717, 1.165) is 12.0 Å². The molecule has 0 spiro atoms. The van der Waals surface area contributed by atoms with Crippen LogP contribution in [0.4, 0.5) is 0 Å². The Kier molecular flexibility index (Phi) is 6.12. The van der Waals surface area contributed by atoms with Crippen LogP contribution in [0.25, 0.3) is 0 Å². The molecule has 0 aliphatic carbocycles. The monoisotopic (exact) mass is 285 g/mol. The third-order valence-electron chi connectivity index (χ3n) is 3.27. The first kappa shape index (κ1) is 15.8. The highest BCUT2D eigenvalue weighted by Gasteiger charge is 2.16. The standard InChI is InChI=1S/C14H20ClNO3/c1-3-12(16(2)7-6-14(18)19)9-10-8-11(15)4-5-13(10)17/h4-5,8,12,17H,3,6-7,9H2,1-2H3,(H,18,19). The van der Waals surface area contributed by atoms with Gasteiger partial charge >= 0.3 is 5.97 Å². The minimum absolute atomic E-state index is 0.120. The van der Waals surface area contributed by atoms with Crippen molar-refractivity contribution in [2.24, 2.45) is 0 Å². The average molecular weight is 286 g/mol. The van der Waals surface area contributed by atoms with Crippen molar-refractivity contribution in [3.05, 3.63) is 28.8 Å². The molecule has 0 fully saturated rings. The lowest BCUT2D eigenvalue weighted by Crippen LogP contribution is -2.34. The molecule has 5 heteroatoms. The predicted molar refractivity (Wildman–Crippen MR) is 75.8 cm³/mol. The van der Waals surface area contributed by atoms with Crippen molar-refractivity contribution in [3.63, 3.8) is 0 Å². The number of benzene rings is 1. The van der Waals surface area contributed by atoms with Crippen molar-refractivity contribution in [2.45, 2.75) is 32.2 Å². The molecule has 19 heavy (non-hydrogen) atoms. The largest absolute Gasteiger partial charge is 0.508 e. The SMILES string of the molecule is CCC(Cc1cc(Cl)ccc1O)N(C)CCC(=O)O. The van der Waals surface area contributed by atoms with Crippen molar-refractivity contribution in [2.75, 3.05) is 13.6 Å². The zero-order valence-electron chi connectivity index (χ0n) is 11.3. The first-order valence-electron chi connectivity index (χ1n) is 6.33. The summed E-state index contributed by atoms with van der Waals surface area (Å²) in [5.74, 6) is -0.568. The van der Waals surface area contributed by atoms with E-state index in [-0.39, 0.29) is 18.2 Å². The number of hydrogen-bond donors (Lipinski definition) is 2. The molecule has 0 heterocycles. The second kappa shape index (κ2) is 7.36. The van der Waals surface area contributed by atoms with Crippen LogP contribution >= 0.6 is 11.6 Å². The minimum Gasteiger partial charge on any atom is -0.508 e. The lowest BCUT2D eigenvalue weighted by molar-refractivity contribution is -0.137. The summed E-state index contributed by atoms with van der Waals surface area (Å²) in [6.07, 6.45) is 1.65. The molecule has 1 atom stereocenters. The van der Waals surface area contributed by atoms with Gasteiger partial charge in [0.15, 0.2) is 0 Å². The molecule has 2 N–H and O–H groups in total. The van der Waals surface area contributed by atoms with Gasteiger partial charge in [0.1, 0.15) is 5.75 Å². The zero-order valence-corrected chi connectivity index (χ0v) is 12.0. The van der Waals surface area contributed by atoms with E-state index in [1.165, 1.54) is 0 Å². The summed E-state index contributed by atoms with van der Waals surface area (Å²) in [6, 6.07) is 5.17. The van der Waals surface area contributed by atoms with Gasteiger partial charge in [-0.1, -0.05) is 18.5 Å². The van der Waals surface area contributed by atoms with Crippen LogP contribution in [0, 0.1) is 0 Å². The molecule has 106 valence electrons. The number of carboxylic acid groups (broad SMARTS) is 1. The van der Waals surface area contributed by atoms with Crippen LogP contribution in [0.3, 0.4) is 0 Å². The maximum absolute atomic E-state index is 10.6. The Hall–Kier alpha value is -1.26. The maximum Gasteiger partial charge on any atom is 0.304 e. The highest BCUT2D eigenvalue weighted by Crippen LogP contribution is 2.24. The lowest BCUT2D eigenvalue weighted by Gasteiger charge is -2.27. The molecule has 0 aliphatic heterocycles. The number of phenolic OH excluding ortho intramolecular Hbond substituents is 1. The molecular weight excluding hydrogens is 266 g/mol. The highest BCUT2D eigenvalue weighted by molar-refractivity contribution is 6.30. The Morgan fingerprint density at radius 3 is 2.74 bits per heavy atom. The second-order valence-electron chi connectivity index (χ2n) is 4.66. The number of rotatable bonds is 7. The van der Waals surface area contributed by atoms with Crippen molar-refractivity contribution >= 4 is 17.6 Å². The number of hydrogen-bond acceptors (Lipinski definition) is 3. The second-order valence-corrected chi connectivity index (χ2v) is 5.10. The number of nitrogens with zero attached hydrogens (tertiary/aromatic N) is 1. The molecule has 0 saturated carbocycles. The maximum atomic E-state index is 10.6. The van der Waals surface area contributed by atoms with Crippen LogP contribution in [0.5, 0.6) is 5.75 Å². The summed E-state index contributed by atoms with van der Waals surface area (Å²) in [7, 11) is 1.90. The third-order valence-corrected chi connectivity index (χ3v) is 3.51. The van der Waals surface area contributed by atoms with Crippen LogP contribution in [0.1, 0.15) is 25.3 Å². The molecule has 1 aromatic carbocycles. The van der Waals surface area contributed by atoms with Crippen molar-refractivity contribution in [1.82, 2.24) is 4.90 Å². The van der Waals surface area contributed by atoms with E-state index < -0.39 is 5.97 Å². The topological polar surface area (TPSA) is 60.8 Å². The van der Waals surface area contributed by atoms with E-state index in [1.54, 1.807) is 18.2 Å². The molecule has 0 bridgehead atoms. The third kappa shape index (κ3) is 5.09. The average Bonchev–Trinajstić information content (AvgIpc) is 2.36. The highest BCUT2D eigenvalue weighted by atomic mass is 35.5. The number of carboxylic acids is 1. The Morgan fingerprint density at radius 2 is 2.16 bits per heavy atom.